The molecule has 2 aromatic rings. The smallest absolute Gasteiger partial charge is 0.308 e. The molecule has 7 nitrogen and oxygen atoms in total. The van der Waals surface area contributed by atoms with Crippen LogP contribution in [0.1, 0.15) is 94.1 Å². The van der Waals surface area contributed by atoms with Crippen LogP contribution in [0.5, 0.6) is 0 Å². The molecule has 0 aliphatic carbocycles. The molecule has 7 heteroatoms. The molecule has 0 saturated heterocycles. The SMILES string of the molecule is CCC(C)C(=O)OC.CCC(C)CNCC(C)C.CCC(C)CO.CCOC(=O)C(C)Cc1c[nH]c2ccccc12. The molecule has 3 N–H and O–H groups in total. The van der Waals surface area contributed by atoms with E-state index in [0.717, 1.165) is 36.7 Å². The lowest BCUT2D eigenvalue weighted by Gasteiger charge is -2.11. The Labute approximate surface area is 251 Å². The highest BCUT2D eigenvalue weighted by Gasteiger charge is 2.16. The predicted molar refractivity (Wildman–Crippen MR) is 173 cm³/mol. The van der Waals surface area contributed by atoms with Crippen molar-refractivity contribution in [2.75, 3.05) is 33.4 Å². The maximum Gasteiger partial charge on any atom is 0.308 e. The van der Waals surface area contributed by atoms with Crippen molar-refractivity contribution < 1.29 is 24.2 Å². The molecule has 0 spiro atoms. The Hall–Kier alpha value is -2.38. The zero-order valence-electron chi connectivity index (χ0n) is 28.0. The van der Waals surface area contributed by atoms with E-state index in [0.29, 0.717) is 25.6 Å². The highest BCUT2D eigenvalue weighted by molar-refractivity contribution is 5.84. The molecule has 0 aliphatic rings. The van der Waals surface area contributed by atoms with Crippen molar-refractivity contribution in [3.8, 4) is 0 Å². The number of ether oxygens (including phenoxy) is 2. The van der Waals surface area contributed by atoms with Crippen molar-refractivity contribution in [2.24, 2.45) is 29.6 Å². The summed E-state index contributed by atoms with van der Waals surface area (Å²) in [6.45, 7) is 23.7. The van der Waals surface area contributed by atoms with Crippen molar-refractivity contribution in [1.82, 2.24) is 10.3 Å². The van der Waals surface area contributed by atoms with E-state index in [9.17, 15) is 9.59 Å². The van der Waals surface area contributed by atoms with Gasteiger partial charge < -0.3 is 24.9 Å². The molecule has 0 amide bonds. The van der Waals surface area contributed by atoms with Gasteiger partial charge in [-0.3, -0.25) is 9.59 Å². The maximum absolute atomic E-state index is 11.6. The summed E-state index contributed by atoms with van der Waals surface area (Å²) in [5.41, 5.74) is 2.28. The fourth-order valence-electron chi connectivity index (χ4n) is 3.26. The Bertz CT molecular complexity index is 907. The summed E-state index contributed by atoms with van der Waals surface area (Å²) in [6, 6.07) is 8.11. The van der Waals surface area contributed by atoms with Gasteiger partial charge in [-0.05, 0) is 62.2 Å². The number of carbonyl (C=O) groups excluding carboxylic acids is 2. The number of aliphatic hydroxyl groups is 1. The number of carbonyl (C=O) groups is 2. The van der Waals surface area contributed by atoms with Gasteiger partial charge in [-0.2, -0.15) is 0 Å². The Morgan fingerprint density at radius 1 is 0.854 bits per heavy atom. The van der Waals surface area contributed by atoms with Crippen LogP contribution in [0, 0.1) is 29.6 Å². The largest absolute Gasteiger partial charge is 0.469 e. The van der Waals surface area contributed by atoms with Crippen LogP contribution in [0.2, 0.25) is 0 Å². The Morgan fingerprint density at radius 3 is 1.90 bits per heavy atom. The number of para-hydroxylation sites is 1. The normalized spacial score (nSPS) is 13.3. The minimum absolute atomic E-state index is 0.0556. The third-order valence-corrected chi connectivity index (χ3v) is 6.86. The lowest BCUT2D eigenvalue weighted by atomic mass is 10.0. The van der Waals surface area contributed by atoms with Crippen LogP contribution in [0.25, 0.3) is 10.9 Å². The fraction of sp³-hybridized carbons (Fsp3) is 0.706. The van der Waals surface area contributed by atoms with Gasteiger partial charge in [0.05, 0.1) is 25.6 Å². The van der Waals surface area contributed by atoms with Gasteiger partial charge in [0.25, 0.3) is 0 Å². The summed E-state index contributed by atoms with van der Waals surface area (Å²) < 4.78 is 9.48. The number of H-pyrrole nitrogens is 1. The summed E-state index contributed by atoms with van der Waals surface area (Å²) in [6.07, 6.45) is 5.90. The van der Waals surface area contributed by atoms with Gasteiger partial charge in [0.2, 0.25) is 0 Å². The fourth-order valence-corrected chi connectivity index (χ4v) is 3.26. The lowest BCUT2D eigenvalue weighted by Crippen LogP contribution is -2.24. The van der Waals surface area contributed by atoms with Crippen LogP contribution in [0.15, 0.2) is 30.5 Å². The van der Waals surface area contributed by atoms with E-state index in [1.54, 1.807) is 0 Å². The number of aromatic nitrogens is 1. The number of nitrogens with one attached hydrogen (secondary N) is 2. The number of hydrogen-bond acceptors (Lipinski definition) is 6. The minimum atomic E-state index is -0.127. The van der Waals surface area contributed by atoms with Crippen LogP contribution in [-0.2, 0) is 25.5 Å². The summed E-state index contributed by atoms with van der Waals surface area (Å²) in [5.74, 6) is 1.81. The quantitative estimate of drug-likeness (QED) is 0.214. The third kappa shape index (κ3) is 20.2. The molecule has 2 rings (SSSR count). The van der Waals surface area contributed by atoms with E-state index in [2.05, 4.69) is 55.7 Å². The first kappa shape index (κ1) is 40.8. The van der Waals surface area contributed by atoms with Crippen LogP contribution in [0.3, 0.4) is 0 Å². The van der Waals surface area contributed by atoms with Crippen molar-refractivity contribution in [3.63, 3.8) is 0 Å². The Kier molecular flexibility index (Phi) is 25.2. The first-order valence-corrected chi connectivity index (χ1v) is 15.5. The van der Waals surface area contributed by atoms with E-state index < -0.39 is 0 Å². The van der Waals surface area contributed by atoms with Crippen LogP contribution in [0.4, 0.5) is 0 Å². The number of aliphatic hydroxyl groups excluding tert-OH is 1. The first-order valence-electron chi connectivity index (χ1n) is 15.5. The standard InChI is InChI=1S/C14H17NO2.C9H21N.C6H12O2.C5H12O/c1-3-17-14(16)10(2)8-11-9-15-13-7-5-4-6-12(11)13;1-5-9(4)7-10-6-8(2)3;1-4-5(2)6(7)8-3;1-3-5(2)4-6/h4-7,9-10,15H,3,8H2,1-2H3;8-10H,5-7H2,1-4H3;5H,4H2,1-3H3;5-6H,3-4H2,1-2H3. The van der Waals surface area contributed by atoms with E-state index in [-0.39, 0.29) is 23.8 Å². The molecular weight excluding hydrogens is 516 g/mol. The highest BCUT2D eigenvalue weighted by atomic mass is 16.5. The predicted octanol–water partition coefficient (Wildman–Crippen LogP) is 7.42. The summed E-state index contributed by atoms with van der Waals surface area (Å²) in [4.78, 5) is 25.3. The second kappa shape index (κ2) is 25.3. The van der Waals surface area contributed by atoms with Crippen molar-refractivity contribution in [3.05, 3.63) is 36.0 Å². The molecular formula is C34H62N2O5. The van der Waals surface area contributed by atoms with E-state index in [4.69, 9.17) is 9.84 Å². The molecule has 1 aromatic carbocycles. The molecule has 1 heterocycles. The number of fused-ring (bicyclic) bond motifs is 1. The topological polar surface area (TPSA) is 101 Å². The molecule has 0 saturated carbocycles. The molecule has 0 radical (unpaired) electrons. The highest BCUT2D eigenvalue weighted by Crippen LogP contribution is 2.21. The van der Waals surface area contributed by atoms with Gasteiger partial charge in [-0.1, -0.05) is 93.4 Å². The average Bonchev–Trinajstić information content (AvgIpc) is 3.39. The second-order valence-electron chi connectivity index (χ2n) is 11.3. The van der Waals surface area contributed by atoms with Crippen molar-refractivity contribution >= 4 is 22.8 Å². The van der Waals surface area contributed by atoms with Gasteiger partial charge in [-0.25, -0.2) is 0 Å². The second-order valence-corrected chi connectivity index (χ2v) is 11.3. The van der Waals surface area contributed by atoms with Gasteiger partial charge >= 0.3 is 11.9 Å². The number of rotatable bonds is 13. The zero-order valence-corrected chi connectivity index (χ0v) is 28.0. The van der Waals surface area contributed by atoms with E-state index in [1.807, 2.05) is 59.0 Å². The van der Waals surface area contributed by atoms with Gasteiger partial charge in [0.15, 0.2) is 0 Å². The van der Waals surface area contributed by atoms with Crippen LogP contribution in [-0.4, -0.2) is 55.4 Å². The first-order chi connectivity index (χ1) is 19.4. The number of aromatic amines is 1. The van der Waals surface area contributed by atoms with Gasteiger partial charge in [-0.15, -0.1) is 0 Å². The van der Waals surface area contributed by atoms with E-state index in [1.165, 1.54) is 31.0 Å². The summed E-state index contributed by atoms with van der Waals surface area (Å²) in [5, 5.41) is 13.0. The number of methoxy groups -OCH3 is 1. The Balaban J connectivity index is 0. The van der Waals surface area contributed by atoms with Crippen molar-refractivity contribution in [1.29, 1.82) is 0 Å². The molecule has 41 heavy (non-hydrogen) atoms. The maximum atomic E-state index is 11.6. The van der Waals surface area contributed by atoms with E-state index >= 15 is 0 Å². The third-order valence-electron chi connectivity index (χ3n) is 6.86. The molecule has 0 fully saturated rings. The van der Waals surface area contributed by atoms with Crippen LogP contribution >= 0.6 is 0 Å². The summed E-state index contributed by atoms with van der Waals surface area (Å²) >= 11 is 0. The molecule has 1 aromatic heterocycles. The molecule has 238 valence electrons. The molecule has 4 atom stereocenters. The monoisotopic (exact) mass is 578 g/mol. The number of benzene rings is 1. The number of esters is 2. The lowest BCUT2D eigenvalue weighted by molar-refractivity contribution is -0.147. The van der Waals surface area contributed by atoms with Gasteiger partial charge in [0, 0.05) is 23.7 Å². The zero-order chi connectivity index (χ0) is 31.8. The average molecular weight is 579 g/mol. The molecule has 0 aliphatic heterocycles. The molecule has 0 bridgehead atoms. The number of hydrogen-bond donors (Lipinski definition) is 3. The molecule has 4 unspecified atom stereocenters. The minimum Gasteiger partial charge on any atom is -0.469 e. The Morgan fingerprint density at radius 2 is 1.46 bits per heavy atom. The summed E-state index contributed by atoms with van der Waals surface area (Å²) in [7, 11) is 1.41. The van der Waals surface area contributed by atoms with Crippen molar-refractivity contribution in [2.45, 2.75) is 94.9 Å². The van der Waals surface area contributed by atoms with Gasteiger partial charge in [0.1, 0.15) is 0 Å². The van der Waals surface area contributed by atoms with Crippen LogP contribution < -0.4 is 5.32 Å².